The lowest BCUT2D eigenvalue weighted by Gasteiger charge is -1.89. The molecule has 0 saturated carbocycles. The molecule has 1 aliphatic rings. The first-order chi connectivity index (χ1) is 4.25. The first kappa shape index (κ1) is 6.77. The molecule has 1 heterocycles. The summed E-state index contributed by atoms with van der Waals surface area (Å²) in [5.41, 5.74) is 0.611. The molecule has 9 heavy (non-hydrogen) atoms. The third-order valence-electron chi connectivity index (χ3n) is 1.06. The molecule has 0 fully saturated rings. The smallest absolute Gasteiger partial charge is 0.345 e. The highest BCUT2D eigenvalue weighted by Crippen LogP contribution is 2.20. The van der Waals surface area contributed by atoms with Crippen LogP contribution in [0.1, 0.15) is 0 Å². The van der Waals surface area contributed by atoms with E-state index in [1.165, 1.54) is 0 Å². The quantitative estimate of drug-likeness (QED) is 0.604. The Morgan fingerprint density at radius 1 is 1.78 bits per heavy atom. The number of hydrogen-bond acceptors (Lipinski definition) is 3. The fourth-order valence-corrected chi connectivity index (χ4v) is 0.893. The van der Waals surface area contributed by atoms with Crippen LogP contribution in [0.4, 0.5) is 0 Å². The second kappa shape index (κ2) is 2.49. The van der Waals surface area contributed by atoms with Gasteiger partial charge >= 0.3 is 5.97 Å². The highest BCUT2D eigenvalue weighted by molar-refractivity contribution is 9.12. The van der Waals surface area contributed by atoms with Gasteiger partial charge in [-0.2, -0.15) is 0 Å². The van der Waals surface area contributed by atoms with Crippen molar-refractivity contribution in [3.8, 4) is 0 Å². The zero-order valence-corrected chi connectivity index (χ0v) is 6.14. The number of aliphatic hydroxyl groups excluding tert-OH is 1. The standard InChI is InChI=1S/C5H5BrO3/c6-4-3(1-7)2-9-5(4)8/h7H,1-2H2. The maximum absolute atomic E-state index is 10.5. The number of halogens is 1. The van der Waals surface area contributed by atoms with Crippen molar-refractivity contribution in [1.82, 2.24) is 0 Å². The lowest BCUT2D eigenvalue weighted by Crippen LogP contribution is -1.93. The fourth-order valence-electron chi connectivity index (χ4n) is 0.539. The van der Waals surface area contributed by atoms with E-state index >= 15 is 0 Å². The van der Waals surface area contributed by atoms with Crippen LogP contribution >= 0.6 is 15.9 Å². The second-order valence-corrected chi connectivity index (χ2v) is 2.44. The van der Waals surface area contributed by atoms with Gasteiger partial charge in [-0.3, -0.25) is 0 Å². The van der Waals surface area contributed by atoms with Gasteiger partial charge in [-0.15, -0.1) is 0 Å². The van der Waals surface area contributed by atoms with Crippen LogP contribution in [0.25, 0.3) is 0 Å². The summed E-state index contributed by atoms with van der Waals surface area (Å²) < 4.78 is 4.91. The number of hydrogen-bond donors (Lipinski definition) is 1. The summed E-state index contributed by atoms with van der Waals surface area (Å²) in [6, 6.07) is 0. The van der Waals surface area contributed by atoms with Gasteiger partial charge in [-0.25, -0.2) is 4.79 Å². The molecule has 50 valence electrons. The zero-order chi connectivity index (χ0) is 6.85. The van der Waals surface area contributed by atoms with Gasteiger partial charge in [0.25, 0.3) is 0 Å². The molecule has 3 nitrogen and oxygen atoms in total. The molecular weight excluding hydrogens is 188 g/mol. The summed E-state index contributed by atoms with van der Waals surface area (Å²) in [5, 5.41) is 8.53. The van der Waals surface area contributed by atoms with Gasteiger partial charge in [-0.05, 0) is 15.9 Å². The molecule has 0 spiro atoms. The van der Waals surface area contributed by atoms with Crippen molar-refractivity contribution in [1.29, 1.82) is 0 Å². The van der Waals surface area contributed by atoms with E-state index in [1.807, 2.05) is 0 Å². The van der Waals surface area contributed by atoms with E-state index in [-0.39, 0.29) is 19.2 Å². The van der Waals surface area contributed by atoms with Crippen LogP contribution in [-0.2, 0) is 9.53 Å². The number of carbonyl (C=O) groups excluding carboxylic acids is 1. The van der Waals surface area contributed by atoms with E-state index in [0.717, 1.165) is 0 Å². The van der Waals surface area contributed by atoms with E-state index < -0.39 is 0 Å². The molecule has 1 N–H and O–H groups in total. The molecule has 0 unspecified atom stereocenters. The Morgan fingerprint density at radius 3 is 2.67 bits per heavy atom. The summed E-state index contributed by atoms with van der Waals surface area (Å²) >= 11 is 2.98. The molecule has 0 radical (unpaired) electrons. The number of cyclic esters (lactones) is 1. The van der Waals surface area contributed by atoms with Gasteiger partial charge in [-0.1, -0.05) is 0 Å². The number of ether oxygens (including phenoxy) is 1. The molecule has 0 atom stereocenters. The van der Waals surface area contributed by atoms with E-state index in [1.54, 1.807) is 0 Å². The van der Waals surface area contributed by atoms with E-state index in [0.29, 0.717) is 10.1 Å². The van der Waals surface area contributed by atoms with Gasteiger partial charge in [0.1, 0.15) is 11.1 Å². The van der Waals surface area contributed by atoms with Gasteiger partial charge < -0.3 is 9.84 Å². The minimum absolute atomic E-state index is 0.119. The molecule has 1 rings (SSSR count). The monoisotopic (exact) mass is 192 g/mol. The molecule has 0 saturated heterocycles. The van der Waals surface area contributed by atoms with Crippen LogP contribution in [0, 0.1) is 0 Å². The van der Waals surface area contributed by atoms with Crippen molar-refractivity contribution < 1.29 is 14.6 Å². The average Bonchev–Trinajstić information content (AvgIpc) is 2.15. The SMILES string of the molecule is O=C1OCC(CO)=C1Br. The highest BCUT2D eigenvalue weighted by atomic mass is 79.9. The van der Waals surface area contributed by atoms with Gasteiger partial charge in [0.05, 0.1) is 6.61 Å². The van der Waals surface area contributed by atoms with Crippen LogP contribution in [0.15, 0.2) is 10.1 Å². The summed E-state index contributed by atoms with van der Waals surface area (Å²) in [4.78, 5) is 10.5. The third kappa shape index (κ3) is 1.14. The Morgan fingerprint density at radius 2 is 2.44 bits per heavy atom. The number of esters is 1. The summed E-state index contributed by atoms with van der Waals surface area (Å²) in [7, 11) is 0. The Hall–Kier alpha value is -0.350. The first-order valence-electron chi connectivity index (χ1n) is 2.41. The Balaban J connectivity index is 2.79. The average molecular weight is 193 g/mol. The predicted octanol–water partition coefficient (Wildman–Crippen LogP) is 0.185. The second-order valence-electron chi connectivity index (χ2n) is 1.65. The maximum atomic E-state index is 10.5. The molecule has 0 aromatic rings. The molecule has 1 aliphatic heterocycles. The minimum atomic E-state index is -0.390. The highest BCUT2D eigenvalue weighted by Gasteiger charge is 2.20. The van der Waals surface area contributed by atoms with Crippen LogP contribution in [0.2, 0.25) is 0 Å². The number of rotatable bonds is 1. The molecule has 4 heteroatoms. The summed E-state index contributed by atoms with van der Waals surface area (Å²) in [6.07, 6.45) is 0. The van der Waals surface area contributed by atoms with E-state index in [2.05, 4.69) is 20.7 Å². The molecule has 0 aromatic heterocycles. The third-order valence-corrected chi connectivity index (χ3v) is 1.94. The molecule has 0 aliphatic carbocycles. The van der Waals surface area contributed by atoms with E-state index in [4.69, 9.17) is 5.11 Å². The van der Waals surface area contributed by atoms with Gasteiger partial charge in [0.15, 0.2) is 0 Å². The van der Waals surface area contributed by atoms with Crippen LogP contribution in [0.3, 0.4) is 0 Å². The topological polar surface area (TPSA) is 46.5 Å². The van der Waals surface area contributed by atoms with Gasteiger partial charge in [0, 0.05) is 5.57 Å². The summed E-state index contributed by atoms with van der Waals surface area (Å²) in [6.45, 7) is 0.0994. The van der Waals surface area contributed by atoms with Crippen LogP contribution in [0.5, 0.6) is 0 Å². The Kier molecular flexibility index (Phi) is 1.87. The van der Waals surface area contributed by atoms with Crippen LogP contribution < -0.4 is 0 Å². The van der Waals surface area contributed by atoms with Crippen molar-refractivity contribution in [3.05, 3.63) is 10.1 Å². The zero-order valence-electron chi connectivity index (χ0n) is 4.56. The molecule has 0 aromatic carbocycles. The lowest BCUT2D eigenvalue weighted by molar-refractivity contribution is -0.135. The summed E-state index contributed by atoms with van der Waals surface area (Å²) in [5.74, 6) is -0.390. The van der Waals surface area contributed by atoms with E-state index in [9.17, 15) is 4.79 Å². The Bertz CT molecular complexity index is 173. The van der Waals surface area contributed by atoms with Crippen molar-refractivity contribution in [2.75, 3.05) is 13.2 Å². The molecule has 0 amide bonds. The van der Waals surface area contributed by atoms with Crippen molar-refractivity contribution in [2.45, 2.75) is 0 Å². The predicted molar refractivity (Wildman–Crippen MR) is 34.0 cm³/mol. The molecular formula is C5H5BrO3. The normalized spacial score (nSPS) is 18.7. The largest absolute Gasteiger partial charge is 0.457 e. The maximum Gasteiger partial charge on any atom is 0.345 e. The molecule has 0 bridgehead atoms. The lowest BCUT2D eigenvalue weighted by atomic mass is 10.3. The fraction of sp³-hybridized carbons (Fsp3) is 0.400. The van der Waals surface area contributed by atoms with Crippen molar-refractivity contribution in [2.24, 2.45) is 0 Å². The van der Waals surface area contributed by atoms with Crippen LogP contribution in [-0.4, -0.2) is 24.3 Å². The first-order valence-corrected chi connectivity index (χ1v) is 3.20. The van der Waals surface area contributed by atoms with Crippen molar-refractivity contribution in [3.63, 3.8) is 0 Å². The number of carbonyl (C=O) groups is 1. The number of aliphatic hydroxyl groups is 1. The minimum Gasteiger partial charge on any atom is -0.457 e. The van der Waals surface area contributed by atoms with Crippen molar-refractivity contribution >= 4 is 21.9 Å². The Labute approximate surface area is 60.4 Å². The van der Waals surface area contributed by atoms with Gasteiger partial charge in [0.2, 0.25) is 0 Å².